The Morgan fingerprint density at radius 2 is 1.81 bits per heavy atom. The topological polar surface area (TPSA) is 107 Å². The number of benzene rings is 2. The van der Waals surface area contributed by atoms with Gasteiger partial charge in [-0.15, -0.1) is 0 Å². The lowest BCUT2D eigenvalue weighted by atomic mass is 10.1. The van der Waals surface area contributed by atoms with Gasteiger partial charge < -0.3 is 19.2 Å². The number of anilines is 3. The molecule has 188 valence electrons. The molecule has 0 spiro atoms. The summed E-state index contributed by atoms with van der Waals surface area (Å²) in [5, 5.41) is 3.27. The average molecular weight is 491 g/mol. The zero-order chi connectivity index (χ0) is 25.1. The van der Waals surface area contributed by atoms with Gasteiger partial charge in [-0.2, -0.15) is 9.66 Å². The lowest BCUT2D eigenvalue weighted by Crippen LogP contribution is -2.38. The van der Waals surface area contributed by atoms with Crippen molar-refractivity contribution >= 4 is 28.6 Å². The fraction of sp³-hybridized carbons (Fsp3) is 0.346. The number of nitrogens with one attached hydrogen (secondary N) is 2. The van der Waals surface area contributed by atoms with E-state index in [-0.39, 0.29) is 0 Å². The third-order valence-electron chi connectivity index (χ3n) is 6.15. The van der Waals surface area contributed by atoms with Crippen LogP contribution in [0.3, 0.4) is 0 Å². The summed E-state index contributed by atoms with van der Waals surface area (Å²) < 4.78 is 18.2. The van der Waals surface area contributed by atoms with Gasteiger partial charge in [0.2, 0.25) is 5.95 Å². The fourth-order valence-corrected chi connectivity index (χ4v) is 4.27. The minimum Gasteiger partial charge on any atom is -0.492 e. The number of fused-ring (bicyclic) bond motifs is 1. The van der Waals surface area contributed by atoms with Crippen molar-refractivity contribution in [2.45, 2.75) is 20.8 Å². The van der Waals surface area contributed by atoms with E-state index in [0.29, 0.717) is 29.5 Å². The number of rotatable bonds is 8. The van der Waals surface area contributed by atoms with Crippen molar-refractivity contribution in [2.24, 2.45) is 0 Å². The molecule has 1 aliphatic rings. The van der Waals surface area contributed by atoms with E-state index in [1.165, 1.54) is 4.68 Å². The molecule has 0 unspecified atom stereocenters. The maximum absolute atomic E-state index is 12.4. The number of para-hydroxylation sites is 2. The lowest BCUT2D eigenvalue weighted by Gasteiger charge is -2.26. The highest BCUT2D eigenvalue weighted by Crippen LogP contribution is 2.29. The van der Waals surface area contributed by atoms with E-state index in [1.54, 1.807) is 18.3 Å². The second-order valence-electron chi connectivity index (χ2n) is 8.87. The predicted octanol–water partition coefficient (Wildman–Crippen LogP) is 3.64. The molecule has 3 heterocycles. The van der Waals surface area contributed by atoms with Gasteiger partial charge in [0.15, 0.2) is 11.4 Å². The van der Waals surface area contributed by atoms with Gasteiger partial charge in [0.1, 0.15) is 17.9 Å². The monoisotopic (exact) mass is 490 g/mol. The van der Waals surface area contributed by atoms with Crippen LogP contribution in [-0.2, 0) is 4.74 Å². The molecule has 5 rings (SSSR count). The summed E-state index contributed by atoms with van der Waals surface area (Å²) in [5.74, 6) is 1.28. The first-order valence-electron chi connectivity index (χ1n) is 12.0. The number of hydrogen-bond donors (Lipinski definition) is 2. The van der Waals surface area contributed by atoms with E-state index >= 15 is 0 Å². The molecule has 2 aromatic carbocycles. The quantitative estimate of drug-likeness (QED) is 0.383. The second-order valence-corrected chi connectivity index (χ2v) is 8.87. The van der Waals surface area contributed by atoms with Gasteiger partial charge in [0, 0.05) is 37.1 Å². The van der Waals surface area contributed by atoms with Crippen molar-refractivity contribution in [3.05, 3.63) is 69.8 Å². The van der Waals surface area contributed by atoms with Crippen molar-refractivity contribution in [3.8, 4) is 5.75 Å². The maximum Gasteiger partial charge on any atom is 0.439 e. The summed E-state index contributed by atoms with van der Waals surface area (Å²) >= 11 is 0. The molecule has 1 saturated heterocycles. The molecule has 0 atom stereocenters. The highest BCUT2D eigenvalue weighted by Gasteiger charge is 2.14. The number of morpholine rings is 1. The third kappa shape index (κ3) is 5.19. The summed E-state index contributed by atoms with van der Waals surface area (Å²) in [6, 6.07) is 11.2. The average Bonchev–Trinajstić information content (AvgIpc) is 3.18. The van der Waals surface area contributed by atoms with Crippen LogP contribution in [0.5, 0.6) is 5.75 Å². The van der Waals surface area contributed by atoms with Crippen LogP contribution in [-0.4, -0.2) is 59.0 Å². The Morgan fingerprint density at radius 1 is 1.06 bits per heavy atom. The van der Waals surface area contributed by atoms with Gasteiger partial charge in [-0.1, -0.05) is 12.1 Å². The zero-order valence-corrected chi connectivity index (χ0v) is 20.7. The molecule has 0 aliphatic carbocycles. The van der Waals surface area contributed by atoms with Crippen LogP contribution in [0.2, 0.25) is 0 Å². The molecule has 2 N–H and O–H groups in total. The van der Waals surface area contributed by atoms with Crippen LogP contribution < -0.4 is 21.2 Å². The molecule has 0 radical (unpaired) electrons. The number of aryl methyl sites for hydroxylation is 3. The Kier molecular flexibility index (Phi) is 6.88. The molecule has 4 aromatic rings. The van der Waals surface area contributed by atoms with Crippen LogP contribution in [0, 0.1) is 20.8 Å². The van der Waals surface area contributed by atoms with Crippen LogP contribution in [0.25, 0.3) is 11.1 Å². The number of oxazole rings is 1. The largest absolute Gasteiger partial charge is 0.492 e. The molecule has 10 nitrogen and oxygen atoms in total. The molecule has 1 aliphatic heterocycles. The highest BCUT2D eigenvalue weighted by atomic mass is 16.5. The molecule has 2 aromatic heterocycles. The molecule has 36 heavy (non-hydrogen) atoms. The first-order valence-corrected chi connectivity index (χ1v) is 12.0. The van der Waals surface area contributed by atoms with Crippen LogP contribution in [0.15, 0.2) is 51.8 Å². The summed E-state index contributed by atoms with van der Waals surface area (Å²) in [7, 11) is 0. The van der Waals surface area contributed by atoms with E-state index in [2.05, 4.69) is 25.6 Å². The smallest absolute Gasteiger partial charge is 0.439 e. The van der Waals surface area contributed by atoms with Crippen molar-refractivity contribution in [1.82, 2.24) is 19.5 Å². The van der Waals surface area contributed by atoms with E-state index in [9.17, 15) is 4.79 Å². The van der Waals surface area contributed by atoms with Gasteiger partial charge in [-0.05, 0) is 56.2 Å². The summed E-state index contributed by atoms with van der Waals surface area (Å²) in [5.41, 5.74) is 7.88. The molecule has 1 fully saturated rings. The van der Waals surface area contributed by atoms with E-state index < -0.39 is 5.76 Å². The summed E-state index contributed by atoms with van der Waals surface area (Å²) in [6.07, 6.45) is 1.70. The first kappa shape index (κ1) is 23.8. The van der Waals surface area contributed by atoms with Gasteiger partial charge >= 0.3 is 5.76 Å². The van der Waals surface area contributed by atoms with Crippen molar-refractivity contribution in [1.29, 1.82) is 0 Å². The molecule has 0 saturated carbocycles. The maximum atomic E-state index is 12.4. The first-order chi connectivity index (χ1) is 17.5. The molecular weight excluding hydrogens is 460 g/mol. The van der Waals surface area contributed by atoms with Crippen molar-refractivity contribution < 1.29 is 13.9 Å². The normalized spacial score (nSPS) is 14.2. The zero-order valence-electron chi connectivity index (χ0n) is 20.7. The van der Waals surface area contributed by atoms with Crippen LogP contribution in [0.4, 0.5) is 17.5 Å². The van der Waals surface area contributed by atoms with E-state index in [0.717, 1.165) is 61.0 Å². The molecule has 10 heteroatoms. The Bertz CT molecular complexity index is 1400. The Balaban J connectivity index is 1.29. The number of aromatic nitrogens is 3. The Labute approximate surface area is 208 Å². The SMILES string of the molecule is Cc1cnc(Nc2cc(C)c(OCCN3CCOCC3)c(C)c2)nc1Nn1c(=O)oc2ccccc21. The van der Waals surface area contributed by atoms with Gasteiger partial charge in [-0.25, -0.2) is 9.78 Å². The van der Waals surface area contributed by atoms with Crippen molar-refractivity contribution in [3.63, 3.8) is 0 Å². The standard InChI is InChI=1S/C26H30N6O4/c1-17-14-20(15-18(2)23(17)35-13-10-31-8-11-34-12-9-31)28-25-27-16-19(3)24(29-25)30-32-21-6-4-5-7-22(21)36-26(32)33/h4-7,14-16H,8-13H2,1-3H3,(H2,27,28,29,30). The minimum atomic E-state index is -0.515. The van der Waals surface area contributed by atoms with Gasteiger partial charge in [0.25, 0.3) is 0 Å². The third-order valence-corrected chi connectivity index (χ3v) is 6.15. The van der Waals surface area contributed by atoms with Gasteiger partial charge in [-0.3, -0.25) is 10.3 Å². The molecule has 0 bridgehead atoms. The fourth-order valence-electron chi connectivity index (χ4n) is 4.27. The molecule has 0 amide bonds. The van der Waals surface area contributed by atoms with Gasteiger partial charge in [0.05, 0.1) is 13.2 Å². The second kappa shape index (κ2) is 10.4. The number of ether oxygens (including phenoxy) is 2. The predicted molar refractivity (Wildman–Crippen MR) is 138 cm³/mol. The van der Waals surface area contributed by atoms with E-state index in [4.69, 9.17) is 13.9 Å². The van der Waals surface area contributed by atoms with Crippen molar-refractivity contribution in [2.75, 3.05) is 50.2 Å². The van der Waals surface area contributed by atoms with Crippen LogP contribution in [0.1, 0.15) is 16.7 Å². The summed E-state index contributed by atoms with van der Waals surface area (Å²) in [4.78, 5) is 23.7. The number of nitrogens with zero attached hydrogens (tertiary/aromatic N) is 4. The minimum absolute atomic E-state index is 0.406. The summed E-state index contributed by atoms with van der Waals surface area (Å²) in [6.45, 7) is 10.9. The number of hydrogen-bond acceptors (Lipinski definition) is 9. The molecular formula is C26H30N6O4. The van der Waals surface area contributed by atoms with E-state index in [1.807, 2.05) is 45.0 Å². The lowest BCUT2D eigenvalue weighted by molar-refractivity contribution is 0.0322. The van der Waals surface area contributed by atoms with Crippen LogP contribution >= 0.6 is 0 Å². The Morgan fingerprint density at radius 3 is 2.58 bits per heavy atom. The highest BCUT2D eigenvalue weighted by molar-refractivity contribution is 5.73. The Hall–Kier alpha value is -3.89.